The van der Waals surface area contributed by atoms with Crippen molar-refractivity contribution in [2.75, 3.05) is 7.05 Å². The largest absolute Gasteiger partial charge is 0.331 e. The molecule has 0 heterocycles. The lowest BCUT2D eigenvalue weighted by Gasteiger charge is -2.31. The van der Waals surface area contributed by atoms with Crippen molar-refractivity contribution in [3.63, 3.8) is 0 Å². The molecular formula is C18H26N2O2. The lowest BCUT2D eigenvalue weighted by molar-refractivity contribution is -0.140. The lowest BCUT2D eigenvalue weighted by atomic mass is 9.98. The molecule has 1 aliphatic rings. The van der Waals surface area contributed by atoms with E-state index in [0.717, 1.165) is 5.56 Å². The highest BCUT2D eigenvalue weighted by molar-refractivity contribution is 5.97. The summed E-state index contributed by atoms with van der Waals surface area (Å²) < 4.78 is 0. The topological polar surface area (TPSA) is 63.4 Å². The van der Waals surface area contributed by atoms with Gasteiger partial charge in [-0.15, -0.1) is 0 Å². The van der Waals surface area contributed by atoms with E-state index >= 15 is 0 Å². The van der Waals surface area contributed by atoms with Crippen molar-refractivity contribution in [3.8, 4) is 0 Å². The number of carbonyl (C=O) groups is 2. The van der Waals surface area contributed by atoms with Crippen LogP contribution in [0.3, 0.4) is 0 Å². The van der Waals surface area contributed by atoms with Gasteiger partial charge in [0.2, 0.25) is 5.91 Å². The summed E-state index contributed by atoms with van der Waals surface area (Å²) in [6, 6.07) is 7.61. The second-order valence-electron chi connectivity index (χ2n) is 6.81. The van der Waals surface area contributed by atoms with E-state index in [2.05, 4.69) is 0 Å². The van der Waals surface area contributed by atoms with Crippen LogP contribution in [-0.2, 0) is 9.59 Å². The molecule has 22 heavy (non-hydrogen) atoms. The molecular weight excluding hydrogens is 276 g/mol. The van der Waals surface area contributed by atoms with Gasteiger partial charge in [0, 0.05) is 13.0 Å². The Morgan fingerprint density at radius 1 is 1.27 bits per heavy atom. The van der Waals surface area contributed by atoms with Crippen LogP contribution in [0.15, 0.2) is 24.3 Å². The highest BCUT2D eigenvalue weighted by Crippen LogP contribution is 2.55. The molecule has 1 unspecified atom stereocenters. The second kappa shape index (κ2) is 5.84. The van der Waals surface area contributed by atoms with Gasteiger partial charge in [-0.05, 0) is 31.7 Å². The summed E-state index contributed by atoms with van der Waals surface area (Å²) in [5.41, 5.74) is 7.56. The number of hydrogen-bond acceptors (Lipinski definition) is 3. The molecule has 0 spiro atoms. The fourth-order valence-corrected chi connectivity index (χ4v) is 3.15. The maximum Gasteiger partial charge on any atom is 0.240 e. The molecule has 1 amide bonds. The zero-order valence-corrected chi connectivity index (χ0v) is 14.1. The summed E-state index contributed by atoms with van der Waals surface area (Å²) in [5.74, 6) is -0.000798. The summed E-state index contributed by atoms with van der Waals surface area (Å²) >= 11 is 0. The molecule has 120 valence electrons. The van der Waals surface area contributed by atoms with Gasteiger partial charge in [-0.25, -0.2) is 0 Å². The lowest BCUT2D eigenvalue weighted by Crippen LogP contribution is -2.52. The van der Waals surface area contributed by atoms with Crippen LogP contribution in [0.1, 0.15) is 44.2 Å². The van der Waals surface area contributed by atoms with Gasteiger partial charge in [0.15, 0.2) is 5.78 Å². The van der Waals surface area contributed by atoms with E-state index in [0.29, 0.717) is 6.42 Å². The van der Waals surface area contributed by atoms with Gasteiger partial charge in [-0.1, -0.05) is 43.7 Å². The molecule has 1 aromatic rings. The maximum absolute atomic E-state index is 12.6. The van der Waals surface area contributed by atoms with Crippen LogP contribution in [0.25, 0.3) is 0 Å². The highest BCUT2D eigenvalue weighted by atomic mass is 16.2. The van der Waals surface area contributed by atoms with Gasteiger partial charge >= 0.3 is 0 Å². The molecule has 0 saturated heterocycles. The first-order chi connectivity index (χ1) is 10.2. The Balaban J connectivity index is 2.27. The minimum absolute atomic E-state index is 0.0323. The number of likely N-dealkylation sites (N-methyl/N-ethyl adjacent to an activating group) is 1. The molecule has 1 saturated carbocycles. The quantitative estimate of drug-likeness (QED) is 0.907. The number of aryl methyl sites for hydroxylation is 1. The molecule has 1 fully saturated rings. The van der Waals surface area contributed by atoms with E-state index in [1.54, 1.807) is 18.9 Å². The maximum atomic E-state index is 12.6. The zero-order valence-electron chi connectivity index (χ0n) is 14.1. The first-order valence-corrected chi connectivity index (χ1v) is 7.82. The van der Waals surface area contributed by atoms with Gasteiger partial charge in [0.05, 0.1) is 6.04 Å². The van der Waals surface area contributed by atoms with Crippen molar-refractivity contribution in [2.45, 2.75) is 51.6 Å². The van der Waals surface area contributed by atoms with E-state index in [9.17, 15) is 9.59 Å². The molecule has 4 heteroatoms. The predicted octanol–water partition coefficient (Wildman–Crippen LogP) is 2.25. The third-order valence-corrected chi connectivity index (χ3v) is 4.95. The second-order valence-corrected chi connectivity index (χ2v) is 6.81. The summed E-state index contributed by atoms with van der Waals surface area (Å²) in [5, 5.41) is 0. The first kappa shape index (κ1) is 16.7. The SMILES string of the molecule is CC(=O)C1(N(C)C(=O)[C@@H](N)C(C)C)C[C@H]1c1ccc(C)cc1. The standard InChI is InChI=1S/C18H26N2O2/c1-11(2)16(19)17(22)20(5)18(13(4)21)10-15(18)14-8-6-12(3)7-9-14/h6-9,11,15-16H,10,19H2,1-5H3/t15-,16-,18?/m0/s1. The van der Waals surface area contributed by atoms with E-state index in [-0.39, 0.29) is 23.5 Å². The van der Waals surface area contributed by atoms with Crippen LogP contribution in [0, 0.1) is 12.8 Å². The van der Waals surface area contributed by atoms with Gasteiger partial charge in [0.1, 0.15) is 5.54 Å². The summed E-state index contributed by atoms with van der Waals surface area (Å²) in [6.07, 6.45) is 0.679. The Hall–Kier alpha value is -1.68. The predicted molar refractivity (Wildman–Crippen MR) is 87.5 cm³/mol. The Morgan fingerprint density at radius 2 is 1.82 bits per heavy atom. The van der Waals surface area contributed by atoms with Crippen molar-refractivity contribution in [1.29, 1.82) is 0 Å². The molecule has 3 atom stereocenters. The van der Waals surface area contributed by atoms with Crippen molar-refractivity contribution in [2.24, 2.45) is 11.7 Å². The monoisotopic (exact) mass is 302 g/mol. The summed E-state index contributed by atoms with van der Waals surface area (Å²) in [7, 11) is 1.71. The van der Waals surface area contributed by atoms with Crippen molar-refractivity contribution >= 4 is 11.7 Å². The molecule has 1 aliphatic carbocycles. The Bertz CT molecular complexity index is 579. The fourth-order valence-electron chi connectivity index (χ4n) is 3.15. The normalized spacial score (nSPS) is 25.0. The number of rotatable bonds is 5. The first-order valence-electron chi connectivity index (χ1n) is 7.82. The zero-order chi connectivity index (χ0) is 16.7. The van der Waals surface area contributed by atoms with Gasteiger partial charge in [-0.3, -0.25) is 9.59 Å². The number of amides is 1. The Kier molecular flexibility index (Phi) is 4.43. The average Bonchev–Trinajstić information content (AvgIpc) is 3.22. The summed E-state index contributed by atoms with van der Waals surface area (Å²) in [4.78, 5) is 26.4. The number of Topliss-reactive ketones (excluding diaryl/α,β-unsaturated/α-hetero) is 1. The van der Waals surface area contributed by atoms with Gasteiger partial charge in [0.25, 0.3) is 0 Å². The summed E-state index contributed by atoms with van der Waals surface area (Å²) in [6.45, 7) is 7.44. The number of ketones is 1. The van der Waals surface area contributed by atoms with Gasteiger partial charge in [-0.2, -0.15) is 0 Å². The smallest absolute Gasteiger partial charge is 0.240 e. The number of nitrogens with two attached hydrogens (primary N) is 1. The van der Waals surface area contributed by atoms with E-state index in [4.69, 9.17) is 5.73 Å². The molecule has 4 nitrogen and oxygen atoms in total. The Morgan fingerprint density at radius 3 is 2.27 bits per heavy atom. The molecule has 0 bridgehead atoms. The minimum atomic E-state index is -0.723. The molecule has 2 N–H and O–H groups in total. The van der Waals surface area contributed by atoms with Crippen molar-refractivity contribution < 1.29 is 9.59 Å². The van der Waals surface area contributed by atoms with Crippen LogP contribution in [-0.4, -0.2) is 35.2 Å². The van der Waals surface area contributed by atoms with Crippen molar-refractivity contribution in [1.82, 2.24) is 4.90 Å². The van der Waals surface area contributed by atoms with E-state index in [1.165, 1.54) is 5.56 Å². The van der Waals surface area contributed by atoms with Crippen LogP contribution in [0.5, 0.6) is 0 Å². The molecule has 0 radical (unpaired) electrons. The van der Waals surface area contributed by atoms with Crippen LogP contribution in [0.2, 0.25) is 0 Å². The third-order valence-electron chi connectivity index (χ3n) is 4.95. The number of nitrogens with zero attached hydrogens (tertiary/aromatic N) is 1. The van der Waals surface area contributed by atoms with Crippen LogP contribution in [0.4, 0.5) is 0 Å². The van der Waals surface area contributed by atoms with E-state index in [1.807, 2.05) is 45.0 Å². The molecule has 1 aromatic carbocycles. The third kappa shape index (κ3) is 2.68. The highest BCUT2D eigenvalue weighted by Gasteiger charge is 2.63. The number of benzene rings is 1. The Labute approximate surface area is 132 Å². The van der Waals surface area contributed by atoms with E-state index < -0.39 is 11.6 Å². The molecule has 2 rings (SSSR count). The fraction of sp³-hybridized carbons (Fsp3) is 0.556. The van der Waals surface area contributed by atoms with Crippen molar-refractivity contribution in [3.05, 3.63) is 35.4 Å². The van der Waals surface area contributed by atoms with Crippen LogP contribution >= 0.6 is 0 Å². The van der Waals surface area contributed by atoms with Crippen LogP contribution < -0.4 is 5.73 Å². The number of hydrogen-bond donors (Lipinski definition) is 1. The molecule has 0 aromatic heterocycles. The van der Waals surface area contributed by atoms with Gasteiger partial charge < -0.3 is 10.6 Å². The minimum Gasteiger partial charge on any atom is -0.331 e. The molecule has 0 aliphatic heterocycles. The number of carbonyl (C=O) groups excluding carboxylic acids is 2. The average molecular weight is 302 g/mol.